The third-order valence-electron chi connectivity index (χ3n) is 1.32. The highest BCUT2D eigenvalue weighted by Gasteiger charge is 2.08. The van der Waals surface area contributed by atoms with E-state index in [1.165, 1.54) is 0 Å². The number of rotatable bonds is 6. The zero-order chi connectivity index (χ0) is 9.45. The minimum absolute atomic E-state index is 0.00917. The highest BCUT2D eigenvalue weighted by molar-refractivity contribution is 4.58. The van der Waals surface area contributed by atoms with Crippen LogP contribution in [0.4, 0.5) is 0 Å². The Morgan fingerprint density at radius 3 is 2.17 bits per heavy atom. The van der Waals surface area contributed by atoms with E-state index in [2.05, 4.69) is 27.7 Å². The van der Waals surface area contributed by atoms with E-state index < -0.39 is 0 Å². The Labute approximate surface area is 76.3 Å². The van der Waals surface area contributed by atoms with E-state index in [4.69, 9.17) is 9.47 Å². The van der Waals surface area contributed by atoms with E-state index in [-0.39, 0.29) is 5.60 Å². The number of ether oxygens (including phenoxy) is 2. The molecule has 0 aromatic carbocycles. The molecule has 0 radical (unpaired) electrons. The molecule has 0 N–H and O–H groups in total. The average Bonchev–Trinajstić information content (AvgIpc) is 1.94. The molecule has 2 heteroatoms. The first kappa shape index (κ1) is 11.9. The summed E-state index contributed by atoms with van der Waals surface area (Å²) in [5.74, 6) is 0. The second-order valence-electron chi connectivity index (χ2n) is 3.93. The van der Waals surface area contributed by atoms with Crippen LogP contribution in [-0.4, -0.2) is 25.4 Å². The first-order valence-corrected chi connectivity index (χ1v) is 4.78. The summed E-state index contributed by atoms with van der Waals surface area (Å²) < 4.78 is 10.8. The largest absolute Gasteiger partial charge is 0.381 e. The summed E-state index contributed by atoms with van der Waals surface area (Å²) in [5.41, 5.74) is -0.00917. The lowest BCUT2D eigenvalue weighted by molar-refractivity contribution is -0.0138. The molecule has 0 heterocycles. The quantitative estimate of drug-likeness (QED) is 0.576. The van der Waals surface area contributed by atoms with Gasteiger partial charge in [0, 0.05) is 19.8 Å². The van der Waals surface area contributed by atoms with Gasteiger partial charge in [-0.05, 0) is 33.6 Å². The van der Waals surface area contributed by atoms with Crippen LogP contribution in [0.1, 0.15) is 40.5 Å². The maximum absolute atomic E-state index is 5.53. The van der Waals surface area contributed by atoms with Gasteiger partial charge in [0.15, 0.2) is 0 Å². The van der Waals surface area contributed by atoms with Crippen LogP contribution in [-0.2, 0) is 9.47 Å². The third kappa shape index (κ3) is 9.92. The van der Waals surface area contributed by atoms with Crippen molar-refractivity contribution < 1.29 is 9.47 Å². The monoisotopic (exact) mass is 174 g/mol. The predicted octanol–water partition coefficient (Wildman–Crippen LogP) is 2.62. The fourth-order valence-corrected chi connectivity index (χ4v) is 0.786. The Morgan fingerprint density at radius 2 is 1.67 bits per heavy atom. The Bertz CT molecular complexity index is 94.5. The van der Waals surface area contributed by atoms with Crippen LogP contribution >= 0.6 is 0 Å². The van der Waals surface area contributed by atoms with Gasteiger partial charge >= 0.3 is 0 Å². The van der Waals surface area contributed by atoms with Crippen molar-refractivity contribution >= 4 is 0 Å². The zero-order valence-electron chi connectivity index (χ0n) is 8.85. The average molecular weight is 174 g/mol. The number of hydrogen-bond donors (Lipinski definition) is 0. The van der Waals surface area contributed by atoms with Crippen molar-refractivity contribution in [3.8, 4) is 0 Å². The fraction of sp³-hybridized carbons (Fsp3) is 1.00. The summed E-state index contributed by atoms with van der Waals surface area (Å²) in [6, 6.07) is 0. The molecule has 2 nitrogen and oxygen atoms in total. The third-order valence-corrected chi connectivity index (χ3v) is 1.32. The van der Waals surface area contributed by atoms with E-state index >= 15 is 0 Å². The minimum Gasteiger partial charge on any atom is -0.381 e. The van der Waals surface area contributed by atoms with E-state index in [9.17, 15) is 0 Å². The summed E-state index contributed by atoms with van der Waals surface area (Å²) in [4.78, 5) is 0. The fourth-order valence-electron chi connectivity index (χ4n) is 0.786. The van der Waals surface area contributed by atoms with Crippen molar-refractivity contribution in [3.63, 3.8) is 0 Å². The van der Waals surface area contributed by atoms with Crippen molar-refractivity contribution in [2.75, 3.05) is 19.8 Å². The maximum Gasteiger partial charge on any atom is 0.0598 e. The van der Waals surface area contributed by atoms with Gasteiger partial charge in [-0.3, -0.25) is 0 Å². The Hall–Kier alpha value is -0.0800. The van der Waals surface area contributed by atoms with Gasteiger partial charge in [0.1, 0.15) is 0 Å². The van der Waals surface area contributed by atoms with Crippen molar-refractivity contribution in [2.24, 2.45) is 0 Å². The molecular formula is C10H22O2. The summed E-state index contributed by atoms with van der Waals surface area (Å²) in [6.07, 6.45) is 2.09. The molecule has 0 spiro atoms. The highest BCUT2D eigenvalue weighted by Crippen LogP contribution is 2.06. The van der Waals surface area contributed by atoms with Crippen LogP contribution in [0.15, 0.2) is 0 Å². The molecule has 12 heavy (non-hydrogen) atoms. The molecular weight excluding hydrogens is 152 g/mol. The number of hydrogen-bond acceptors (Lipinski definition) is 2. The molecule has 0 aliphatic rings. The lowest BCUT2D eigenvalue weighted by Crippen LogP contribution is -2.20. The Kier molecular flexibility index (Phi) is 6.39. The molecule has 74 valence electrons. The first-order valence-electron chi connectivity index (χ1n) is 4.78. The summed E-state index contributed by atoms with van der Waals surface area (Å²) in [5, 5.41) is 0. The van der Waals surface area contributed by atoms with Crippen molar-refractivity contribution in [1.29, 1.82) is 0 Å². The molecule has 0 rings (SSSR count). The van der Waals surface area contributed by atoms with Gasteiger partial charge in [-0.25, -0.2) is 0 Å². The van der Waals surface area contributed by atoms with Crippen LogP contribution in [0.2, 0.25) is 0 Å². The molecule has 0 bridgehead atoms. The van der Waals surface area contributed by atoms with Crippen molar-refractivity contribution in [3.05, 3.63) is 0 Å². The lowest BCUT2D eigenvalue weighted by atomic mass is 10.2. The summed E-state index contributed by atoms with van der Waals surface area (Å²) in [7, 11) is 0. The van der Waals surface area contributed by atoms with Gasteiger partial charge in [-0.2, -0.15) is 0 Å². The van der Waals surface area contributed by atoms with E-state index in [1.807, 2.05) is 0 Å². The standard InChI is InChI=1S/C10H22O2/c1-5-7-11-8-6-9-12-10(2,3)4/h5-9H2,1-4H3. The molecule has 0 aliphatic carbocycles. The van der Waals surface area contributed by atoms with Gasteiger partial charge in [0.2, 0.25) is 0 Å². The minimum atomic E-state index is -0.00917. The van der Waals surface area contributed by atoms with Crippen LogP contribution < -0.4 is 0 Å². The normalized spacial score (nSPS) is 12.0. The van der Waals surface area contributed by atoms with Crippen LogP contribution in [0.5, 0.6) is 0 Å². The molecule has 0 saturated heterocycles. The predicted molar refractivity (Wildman–Crippen MR) is 51.4 cm³/mol. The second-order valence-corrected chi connectivity index (χ2v) is 3.93. The molecule has 0 atom stereocenters. The molecule has 0 aromatic rings. The van der Waals surface area contributed by atoms with Crippen molar-refractivity contribution in [2.45, 2.75) is 46.1 Å². The maximum atomic E-state index is 5.53. The van der Waals surface area contributed by atoms with Gasteiger partial charge in [0.05, 0.1) is 5.60 Å². The summed E-state index contributed by atoms with van der Waals surface area (Å²) in [6.45, 7) is 10.8. The summed E-state index contributed by atoms with van der Waals surface area (Å²) >= 11 is 0. The van der Waals surface area contributed by atoms with E-state index in [0.29, 0.717) is 0 Å². The molecule has 0 aliphatic heterocycles. The second kappa shape index (κ2) is 6.44. The smallest absolute Gasteiger partial charge is 0.0598 e. The molecule has 0 saturated carbocycles. The van der Waals surface area contributed by atoms with E-state index in [0.717, 1.165) is 32.7 Å². The van der Waals surface area contributed by atoms with Gasteiger partial charge < -0.3 is 9.47 Å². The molecule has 0 fully saturated rings. The van der Waals surface area contributed by atoms with Crippen molar-refractivity contribution in [1.82, 2.24) is 0 Å². The van der Waals surface area contributed by atoms with Gasteiger partial charge in [0.25, 0.3) is 0 Å². The Morgan fingerprint density at radius 1 is 1.00 bits per heavy atom. The topological polar surface area (TPSA) is 18.5 Å². The zero-order valence-corrected chi connectivity index (χ0v) is 8.85. The van der Waals surface area contributed by atoms with Gasteiger partial charge in [-0.1, -0.05) is 6.92 Å². The highest BCUT2D eigenvalue weighted by atomic mass is 16.5. The molecule has 0 amide bonds. The van der Waals surface area contributed by atoms with Crippen LogP contribution in [0, 0.1) is 0 Å². The SMILES string of the molecule is CCCOCCCOC(C)(C)C. The molecule has 0 unspecified atom stereocenters. The first-order chi connectivity index (χ1) is 5.56. The van der Waals surface area contributed by atoms with Gasteiger partial charge in [-0.15, -0.1) is 0 Å². The lowest BCUT2D eigenvalue weighted by Gasteiger charge is -2.19. The van der Waals surface area contributed by atoms with Crippen LogP contribution in [0.3, 0.4) is 0 Å². The molecule has 0 aromatic heterocycles. The van der Waals surface area contributed by atoms with Crippen LogP contribution in [0.25, 0.3) is 0 Å². The Balaban J connectivity index is 3.01. The van der Waals surface area contributed by atoms with E-state index in [1.54, 1.807) is 0 Å².